The van der Waals surface area contributed by atoms with Crippen molar-refractivity contribution in [2.45, 2.75) is 60.0 Å². The molecular formula is C20H30O3. The smallest absolute Gasteiger partial charge is 0.333 e. The summed E-state index contributed by atoms with van der Waals surface area (Å²) in [6.07, 6.45) is 4.28. The maximum atomic E-state index is 12.2. The van der Waals surface area contributed by atoms with Crippen LogP contribution in [0.4, 0.5) is 0 Å². The van der Waals surface area contributed by atoms with Crippen molar-refractivity contribution in [2.75, 3.05) is 0 Å². The van der Waals surface area contributed by atoms with Crippen LogP contribution >= 0.6 is 0 Å². The number of carbonyl (C=O) groups excluding carboxylic acids is 2. The van der Waals surface area contributed by atoms with Gasteiger partial charge in [-0.15, -0.1) is 0 Å². The minimum Gasteiger partial charge on any atom is -0.458 e. The summed E-state index contributed by atoms with van der Waals surface area (Å²) in [5.41, 5.74) is 1.78. The molecule has 0 saturated heterocycles. The van der Waals surface area contributed by atoms with Crippen molar-refractivity contribution in [3.8, 4) is 0 Å². The Morgan fingerprint density at radius 3 is 2.48 bits per heavy atom. The van der Waals surface area contributed by atoms with E-state index < -0.39 is 0 Å². The quantitative estimate of drug-likeness (QED) is 0.440. The van der Waals surface area contributed by atoms with Gasteiger partial charge in [0, 0.05) is 17.4 Å². The maximum absolute atomic E-state index is 12.2. The summed E-state index contributed by atoms with van der Waals surface area (Å²) in [5, 5.41) is 0. The number of carbonyl (C=O) groups is 2. The Kier molecular flexibility index (Phi) is 5.49. The molecule has 3 nitrogen and oxygen atoms in total. The molecule has 2 aliphatic carbocycles. The first-order valence-corrected chi connectivity index (χ1v) is 8.79. The number of hydrogen-bond acceptors (Lipinski definition) is 3. The number of ether oxygens (including phenoxy) is 1. The average Bonchev–Trinajstić information content (AvgIpc) is 2.86. The highest BCUT2D eigenvalue weighted by atomic mass is 16.5. The van der Waals surface area contributed by atoms with Crippen molar-refractivity contribution in [1.29, 1.82) is 0 Å². The first-order chi connectivity index (χ1) is 10.8. The molecule has 0 aromatic rings. The van der Waals surface area contributed by atoms with Crippen molar-refractivity contribution < 1.29 is 14.3 Å². The number of fused-ring (bicyclic) bond motifs is 1. The van der Waals surface area contributed by atoms with Crippen molar-refractivity contribution in [3.63, 3.8) is 0 Å². The fourth-order valence-electron chi connectivity index (χ4n) is 4.55. The Bertz CT molecular complexity index is 529. The zero-order valence-electron chi connectivity index (χ0n) is 15.1. The topological polar surface area (TPSA) is 43.4 Å². The molecule has 2 fully saturated rings. The molecule has 2 aliphatic rings. The summed E-state index contributed by atoms with van der Waals surface area (Å²) in [6, 6.07) is 0. The lowest BCUT2D eigenvalue weighted by molar-refractivity contribution is -0.146. The molecule has 3 heteroatoms. The summed E-state index contributed by atoms with van der Waals surface area (Å²) in [4.78, 5) is 24.4. The van der Waals surface area contributed by atoms with Crippen LogP contribution in [0.5, 0.6) is 0 Å². The predicted octanol–water partition coefficient (Wildman–Crippen LogP) is 4.33. The van der Waals surface area contributed by atoms with E-state index in [1.54, 1.807) is 19.9 Å². The number of rotatable bonds is 4. The van der Waals surface area contributed by atoms with Gasteiger partial charge < -0.3 is 4.74 Å². The Hall–Kier alpha value is -1.38. The first kappa shape index (κ1) is 18.0. The van der Waals surface area contributed by atoms with Crippen molar-refractivity contribution in [1.82, 2.24) is 0 Å². The lowest BCUT2D eigenvalue weighted by atomic mass is 9.64. The highest BCUT2D eigenvalue weighted by Crippen LogP contribution is 2.54. The minimum absolute atomic E-state index is 0.00633. The molecule has 0 heterocycles. The molecule has 0 radical (unpaired) electrons. The van der Waals surface area contributed by atoms with E-state index in [9.17, 15) is 9.59 Å². The van der Waals surface area contributed by atoms with E-state index in [0.717, 1.165) is 18.4 Å². The van der Waals surface area contributed by atoms with Crippen LogP contribution in [0, 0.1) is 29.6 Å². The summed E-state index contributed by atoms with van der Waals surface area (Å²) >= 11 is 0. The summed E-state index contributed by atoms with van der Waals surface area (Å²) in [5.74, 6) is 1.40. The number of Topliss-reactive ketones (excluding diaryl/α,β-unsaturated/α-hetero) is 1. The Balaban J connectivity index is 2.30. The number of hydrogen-bond donors (Lipinski definition) is 0. The van der Waals surface area contributed by atoms with E-state index in [0.29, 0.717) is 23.8 Å². The number of allylic oxidation sites excluding steroid dienone is 1. The van der Waals surface area contributed by atoms with Crippen LogP contribution in [0.1, 0.15) is 53.9 Å². The fraction of sp³-hybridized carbons (Fsp3) is 0.700. The maximum Gasteiger partial charge on any atom is 0.333 e. The van der Waals surface area contributed by atoms with Crippen LogP contribution < -0.4 is 0 Å². The molecule has 128 valence electrons. The van der Waals surface area contributed by atoms with Crippen LogP contribution in [0.3, 0.4) is 0 Å². The lowest BCUT2D eigenvalue weighted by Gasteiger charge is -2.41. The third-order valence-corrected chi connectivity index (χ3v) is 5.92. The van der Waals surface area contributed by atoms with Gasteiger partial charge in [-0.3, -0.25) is 4.79 Å². The van der Waals surface area contributed by atoms with Crippen LogP contribution in [-0.4, -0.2) is 17.9 Å². The molecule has 0 amide bonds. The normalized spacial score (nSPS) is 34.4. The van der Waals surface area contributed by atoms with Gasteiger partial charge >= 0.3 is 5.97 Å². The van der Waals surface area contributed by atoms with E-state index in [1.165, 1.54) is 0 Å². The van der Waals surface area contributed by atoms with Crippen molar-refractivity contribution in [2.24, 2.45) is 29.6 Å². The summed E-state index contributed by atoms with van der Waals surface area (Å²) < 4.78 is 5.79. The van der Waals surface area contributed by atoms with Gasteiger partial charge in [0.1, 0.15) is 11.9 Å². The van der Waals surface area contributed by atoms with E-state index >= 15 is 0 Å². The number of esters is 1. The highest BCUT2D eigenvalue weighted by Gasteiger charge is 2.53. The molecule has 0 unspecified atom stereocenters. The van der Waals surface area contributed by atoms with Crippen LogP contribution in [0.2, 0.25) is 0 Å². The van der Waals surface area contributed by atoms with Gasteiger partial charge in [0.2, 0.25) is 0 Å². The van der Waals surface area contributed by atoms with Gasteiger partial charge in [0.05, 0.1) is 0 Å². The molecule has 2 saturated carbocycles. The molecule has 0 aromatic heterocycles. The molecule has 0 spiro atoms. The predicted molar refractivity (Wildman–Crippen MR) is 91.8 cm³/mol. The second kappa shape index (κ2) is 7.02. The molecule has 23 heavy (non-hydrogen) atoms. The molecule has 5 atom stereocenters. The third-order valence-electron chi connectivity index (χ3n) is 5.92. The zero-order chi connectivity index (χ0) is 17.3. The van der Waals surface area contributed by atoms with E-state index in [4.69, 9.17) is 4.74 Å². The minimum atomic E-state index is -0.264. The SMILES string of the molecule is C=C1CC[C@@H](C(C)C)[C@H]2[C@H]1[C@@H](OC(=O)/C(C)=C\C)C[C@@H]2C(C)=O. The van der Waals surface area contributed by atoms with Gasteiger partial charge in [-0.2, -0.15) is 0 Å². The molecule has 0 bridgehead atoms. The first-order valence-electron chi connectivity index (χ1n) is 8.79. The molecule has 0 aromatic carbocycles. The van der Waals surface area contributed by atoms with E-state index in [2.05, 4.69) is 20.4 Å². The fourth-order valence-corrected chi connectivity index (χ4v) is 4.55. The van der Waals surface area contributed by atoms with E-state index in [-0.39, 0.29) is 35.6 Å². The second-order valence-corrected chi connectivity index (χ2v) is 7.58. The monoisotopic (exact) mass is 318 g/mol. The number of ketones is 1. The molecule has 0 N–H and O–H groups in total. The largest absolute Gasteiger partial charge is 0.458 e. The second-order valence-electron chi connectivity index (χ2n) is 7.58. The van der Waals surface area contributed by atoms with Crippen LogP contribution in [-0.2, 0) is 14.3 Å². The summed E-state index contributed by atoms with van der Waals surface area (Å²) in [6.45, 7) is 14.0. The van der Waals surface area contributed by atoms with Crippen LogP contribution in [0.25, 0.3) is 0 Å². The lowest BCUT2D eigenvalue weighted by Crippen LogP contribution is -2.37. The third kappa shape index (κ3) is 3.44. The Morgan fingerprint density at radius 2 is 1.96 bits per heavy atom. The zero-order valence-corrected chi connectivity index (χ0v) is 15.1. The Labute approximate surface area is 140 Å². The highest BCUT2D eigenvalue weighted by molar-refractivity contribution is 5.88. The summed E-state index contributed by atoms with van der Waals surface area (Å²) in [7, 11) is 0. The van der Waals surface area contributed by atoms with Gasteiger partial charge in [-0.1, -0.05) is 32.1 Å². The average molecular weight is 318 g/mol. The van der Waals surface area contributed by atoms with Crippen molar-refractivity contribution >= 4 is 11.8 Å². The van der Waals surface area contributed by atoms with Crippen LogP contribution in [0.15, 0.2) is 23.8 Å². The van der Waals surface area contributed by atoms with E-state index in [1.807, 2.05) is 6.92 Å². The van der Waals surface area contributed by atoms with Gasteiger partial charge in [-0.05, 0) is 57.8 Å². The molecule has 2 rings (SSSR count). The van der Waals surface area contributed by atoms with Gasteiger partial charge in [0.25, 0.3) is 0 Å². The van der Waals surface area contributed by atoms with Crippen molar-refractivity contribution in [3.05, 3.63) is 23.8 Å². The van der Waals surface area contributed by atoms with Gasteiger partial charge in [0.15, 0.2) is 0 Å². The standard InChI is InChI=1S/C20H30O3/c1-7-12(4)20(22)23-17-10-16(14(6)21)19-15(11(2)3)9-8-13(5)18(17)19/h7,11,15-19H,5,8-10H2,1-4,6H3/b12-7-/t15-,16+,17-,18+,19+/m0/s1. The molecule has 0 aliphatic heterocycles. The Morgan fingerprint density at radius 1 is 1.30 bits per heavy atom. The molecular weight excluding hydrogens is 288 g/mol. The van der Waals surface area contributed by atoms with Gasteiger partial charge in [-0.25, -0.2) is 4.79 Å².